The Labute approximate surface area is 214 Å². The van der Waals surface area contributed by atoms with Gasteiger partial charge < -0.3 is 9.47 Å². The fraction of sp³-hybridized carbons (Fsp3) is 0.161. The van der Waals surface area contributed by atoms with Crippen molar-refractivity contribution in [3.63, 3.8) is 0 Å². The molecule has 178 valence electrons. The van der Waals surface area contributed by atoms with Crippen molar-refractivity contribution in [1.82, 2.24) is 8.75 Å². The Morgan fingerprint density at radius 2 is 1.08 bits per heavy atom. The average molecular weight is 491 g/mol. The molecule has 0 aliphatic carbocycles. The zero-order valence-corrected chi connectivity index (χ0v) is 21.1. The Kier molecular flexibility index (Phi) is 5.99. The number of fused-ring (bicyclic) bond motifs is 3. The molecule has 1 heterocycles. The lowest BCUT2D eigenvalue weighted by Gasteiger charge is -2.10. The molecular formula is C31H26N2O2S. The standard InChI is InChI=1S/C31H26N2O2S/c1-3-15-35-27-12-10-21-17-25(8-6-23(21)19-27)29-14-13-28(30-31(29)33-36-32-30)24-7-5-22-18-26(34-4-2)11-9-20(22)16-24/h5-14,16-19H,3-4,15H2,1-2H3. The molecule has 1 aromatic heterocycles. The molecule has 5 aromatic carbocycles. The van der Waals surface area contributed by atoms with E-state index < -0.39 is 0 Å². The average Bonchev–Trinajstić information content (AvgIpc) is 3.41. The quantitative estimate of drug-likeness (QED) is 0.225. The van der Waals surface area contributed by atoms with Gasteiger partial charge in [-0.05, 0) is 82.4 Å². The van der Waals surface area contributed by atoms with Gasteiger partial charge in [-0.3, -0.25) is 0 Å². The second kappa shape index (κ2) is 9.59. The fourth-order valence-corrected chi connectivity index (χ4v) is 5.26. The van der Waals surface area contributed by atoms with Gasteiger partial charge in [0, 0.05) is 11.1 Å². The third-order valence-electron chi connectivity index (χ3n) is 6.44. The minimum atomic E-state index is 0.663. The van der Waals surface area contributed by atoms with E-state index in [1.165, 1.54) is 27.9 Å². The predicted molar refractivity (Wildman–Crippen MR) is 150 cm³/mol. The van der Waals surface area contributed by atoms with Crippen LogP contribution < -0.4 is 9.47 Å². The SMILES string of the molecule is CCCOc1ccc2cc(-c3ccc(-c4ccc5cc(OCC)ccc5c4)c4nsnc34)ccc2c1. The molecule has 0 aliphatic heterocycles. The molecule has 0 bridgehead atoms. The summed E-state index contributed by atoms with van der Waals surface area (Å²) in [6.45, 7) is 5.51. The van der Waals surface area contributed by atoms with Crippen LogP contribution in [0, 0.1) is 0 Å². The first-order valence-electron chi connectivity index (χ1n) is 12.3. The lowest BCUT2D eigenvalue weighted by atomic mass is 9.95. The number of nitrogens with zero attached hydrogens (tertiary/aromatic N) is 2. The number of ether oxygens (including phenoxy) is 2. The van der Waals surface area contributed by atoms with Crippen LogP contribution >= 0.6 is 11.7 Å². The highest BCUT2D eigenvalue weighted by atomic mass is 32.1. The Morgan fingerprint density at radius 1 is 0.583 bits per heavy atom. The molecular weight excluding hydrogens is 464 g/mol. The summed E-state index contributed by atoms with van der Waals surface area (Å²) in [6, 6.07) is 29.9. The Morgan fingerprint density at radius 3 is 1.61 bits per heavy atom. The lowest BCUT2D eigenvalue weighted by Crippen LogP contribution is -1.94. The van der Waals surface area contributed by atoms with Crippen molar-refractivity contribution >= 4 is 44.3 Å². The first-order chi connectivity index (χ1) is 17.7. The van der Waals surface area contributed by atoms with E-state index >= 15 is 0 Å². The van der Waals surface area contributed by atoms with Crippen LogP contribution in [0.25, 0.3) is 54.8 Å². The van der Waals surface area contributed by atoms with Crippen molar-refractivity contribution in [2.75, 3.05) is 13.2 Å². The van der Waals surface area contributed by atoms with Gasteiger partial charge in [-0.25, -0.2) is 0 Å². The van der Waals surface area contributed by atoms with E-state index in [0.29, 0.717) is 6.61 Å². The highest BCUT2D eigenvalue weighted by molar-refractivity contribution is 7.00. The van der Waals surface area contributed by atoms with E-state index in [1.54, 1.807) is 0 Å². The molecule has 0 saturated carbocycles. The molecule has 0 unspecified atom stereocenters. The van der Waals surface area contributed by atoms with Crippen molar-refractivity contribution in [3.8, 4) is 33.8 Å². The summed E-state index contributed by atoms with van der Waals surface area (Å²) in [5, 5.41) is 4.68. The van der Waals surface area contributed by atoms with Gasteiger partial charge in [0.25, 0.3) is 0 Å². The topological polar surface area (TPSA) is 44.2 Å². The van der Waals surface area contributed by atoms with E-state index in [2.05, 4.69) is 79.7 Å². The van der Waals surface area contributed by atoms with Gasteiger partial charge in [-0.2, -0.15) is 8.75 Å². The molecule has 0 atom stereocenters. The van der Waals surface area contributed by atoms with E-state index in [-0.39, 0.29) is 0 Å². The van der Waals surface area contributed by atoms with Crippen LogP contribution in [0.1, 0.15) is 20.3 Å². The first kappa shape index (κ1) is 22.5. The van der Waals surface area contributed by atoms with Gasteiger partial charge >= 0.3 is 0 Å². The predicted octanol–water partition coefficient (Wildman–Crippen LogP) is 8.52. The maximum Gasteiger partial charge on any atom is 0.119 e. The van der Waals surface area contributed by atoms with Crippen molar-refractivity contribution in [2.45, 2.75) is 20.3 Å². The molecule has 36 heavy (non-hydrogen) atoms. The molecule has 6 rings (SSSR count). The summed E-state index contributed by atoms with van der Waals surface area (Å²) in [4.78, 5) is 0. The zero-order valence-electron chi connectivity index (χ0n) is 20.3. The van der Waals surface area contributed by atoms with E-state index in [9.17, 15) is 0 Å². The summed E-state index contributed by atoms with van der Waals surface area (Å²) in [7, 11) is 0. The summed E-state index contributed by atoms with van der Waals surface area (Å²) < 4.78 is 20.9. The first-order valence-corrected chi connectivity index (χ1v) is 13.1. The monoisotopic (exact) mass is 490 g/mol. The van der Waals surface area contributed by atoms with Gasteiger partial charge in [-0.1, -0.05) is 55.5 Å². The van der Waals surface area contributed by atoms with Gasteiger partial charge in [0.05, 0.1) is 24.9 Å². The number of hydrogen-bond donors (Lipinski definition) is 0. The minimum absolute atomic E-state index is 0.663. The number of rotatable bonds is 7. The van der Waals surface area contributed by atoms with Gasteiger partial charge in [0.15, 0.2) is 0 Å². The molecule has 0 aliphatic rings. The largest absolute Gasteiger partial charge is 0.494 e. The second-order valence-electron chi connectivity index (χ2n) is 8.85. The second-order valence-corrected chi connectivity index (χ2v) is 9.38. The number of hydrogen-bond acceptors (Lipinski definition) is 5. The minimum Gasteiger partial charge on any atom is -0.494 e. The summed E-state index contributed by atoms with van der Waals surface area (Å²) >= 11 is 1.26. The summed E-state index contributed by atoms with van der Waals surface area (Å²) in [6.07, 6.45) is 0.999. The third-order valence-corrected chi connectivity index (χ3v) is 6.97. The highest BCUT2D eigenvalue weighted by Crippen LogP contribution is 2.37. The Hall–Kier alpha value is -3.96. The van der Waals surface area contributed by atoms with Crippen LogP contribution in [-0.4, -0.2) is 22.0 Å². The molecule has 5 heteroatoms. The van der Waals surface area contributed by atoms with Gasteiger partial charge in [-0.15, -0.1) is 0 Å². The van der Waals surface area contributed by atoms with Crippen LogP contribution in [-0.2, 0) is 0 Å². The maximum atomic E-state index is 5.80. The maximum absolute atomic E-state index is 5.80. The van der Waals surface area contributed by atoms with Crippen molar-refractivity contribution in [3.05, 3.63) is 84.9 Å². The van der Waals surface area contributed by atoms with Crippen LogP contribution in [0.4, 0.5) is 0 Å². The van der Waals surface area contributed by atoms with Gasteiger partial charge in [0.1, 0.15) is 22.5 Å². The van der Waals surface area contributed by atoms with E-state index in [4.69, 9.17) is 18.2 Å². The van der Waals surface area contributed by atoms with Crippen LogP contribution in [0.3, 0.4) is 0 Å². The number of benzene rings is 5. The van der Waals surface area contributed by atoms with Crippen molar-refractivity contribution in [2.24, 2.45) is 0 Å². The lowest BCUT2D eigenvalue weighted by molar-refractivity contribution is 0.318. The molecule has 0 amide bonds. The smallest absolute Gasteiger partial charge is 0.119 e. The molecule has 0 saturated heterocycles. The highest BCUT2D eigenvalue weighted by Gasteiger charge is 2.14. The molecule has 0 radical (unpaired) electrons. The van der Waals surface area contributed by atoms with Crippen LogP contribution in [0.15, 0.2) is 84.9 Å². The summed E-state index contributed by atoms with van der Waals surface area (Å²) in [5.74, 6) is 1.81. The van der Waals surface area contributed by atoms with Crippen LogP contribution in [0.5, 0.6) is 11.5 Å². The fourth-order valence-electron chi connectivity index (χ4n) is 4.68. The molecule has 4 nitrogen and oxygen atoms in total. The normalized spacial score (nSPS) is 11.4. The number of aromatic nitrogens is 2. The van der Waals surface area contributed by atoms with Crippen molar-refractivity contribution in [1.29, 1.82) is 0 Å². The van der Waals surface area contributed by atoms with E-state index in [0.717, 1.165) is 63.2 Å². The third kappa shape index (κ3) is 4.16. The van der Waals surface area contributed by atoms with E-state index in [1.807, 2.05) is 19.1 Å². The molecule has 0 spiro atoms. The molecule has 0 N–H and O–H groups in total. The van der Waals surface area contributed by atoms with Crippen molar-refractivity contribution < 1.29 is 9.47 Å². The molecule has 0 fully saturated rings. The Balaban J connectivity index is 1.39. The Bertz CT molecular complexity index is 1710. The van der Waals surface area contributed by atoms with Crippen LogP contribution in [0.2, 0.25) is 0 Å². The zero-order chi connectivity index (χ0) is 24.5. The van der Waals surface area contributed by atoms with Gasteiger partial charge in [0.2, 0.25) is 0 Å². The summed E-state index contributed by atoms with van der Waals surface area (Å²) in [5.41, 5.74) is 6.33. The molecule has 6 aromatic rings.